The number of pyridine rings is 1. The third-order valence-corrected chi connectivity index (χ3v) is 12.1. The Morgan fingerprint density at radius 3 is 2.05 bits per heavy atom. The van der Waals surface area contributed by atoms with Gasteiger partial charge in [0.1, 0.15) is 5.58 Å². The number of fused-ring (bicyclic) bond motifs is 4. The van der Waals surface area contributed by atoms with E-state index in [0.717, 1.165) is 66.5 Å². The number of benzene rings is 7. The zero-order chi connectivity index (χ0) is 50.4. The Bertz CT molecular complexity index is 3580. The first-order chi connectivity index (χ1) is 34.0. The number of nitrogens with zero attached hydrogens (tertiary/aromatic N) is 4. The van der Waals surface area contributed by atoms with Gasteiger partial charge < -0.3 is 18.5 Å². The third kappa shape index (κ3) is 8.54. The van der Waals surface area contributed by atoms with Gasteiger partial charge in [-0.05, 0) is 75.0 Å². The summed E-state index contributed by atoms with van der Waals surface area (Å²) in [6.07, 6.45) is 4.39. The molecule has 0 saturated carbocycles. The molecule has 0 amide bonds. The fourth-order valence-electron chi connectivity index (χ4n) is 8.81. The summed E-state index contributed by atoms with van der Waals surface area (Å²) >= 11 is 0. The van der Waals surface area contributed by atoms with Crippen LogP contribution in [0.15, 0.2) is 156 Å². The van der Waals surface area contributed by atoms with Crippen LogP contribution in [0.25, 0.3) is 83.3 Å². The molecule has 3 aromatic heterocycles. The van der Waals surface area contributed by atoms with Gasteiger partial charge in [0, 0.05) is 21.3 Å². The Morgan fingerprint density at radius 1 is 0.697 bits per heavy atom. The molecule has 0 atom stereocenters. The first-order valence-corrected chi connectivity index (χ1v) is 22.0. The summed E-state index contributed by atoms with van der Waals surface area (Å²) in [6.45, 7) is 8.21. The zero-order valence-electron chi connectivity index (χ0n) is 43.7. The van der Waals surface area contributed by atoms with Gasteiger partial charge in [0.2, 0.25) is 6.33 Å². The molecule has 66 heavy (non-hydrogen) atoms. The maximum absolute atomic E-state index is 10.3. The number of aryl methyl sites for hydroxylation is 2. The minimum atomic E-state index is -2.38. The van der Waals surface area contributed by atoms with Crippen LogP contribution in [-0.4, -0.2) is 9.55 Å². The quantitative estimate of drug-likeness (QED) is 0.113. The fraction of sp³-hybridized carbons (Fsp3) is 0.183. The van der Waals surface area contributed by atoms with Crippen LogP contribution in [0.1, 0.15) is 95.3 Å². The molecule has 3 heterocycles. The minimum absolute atomic E-state index is 0. The Hall–Kier alpha value is -6.90. The molecule has 0 aliphatic heterocycles. The van der Waals surface area contributed by atoms with Gasteiger partial charge >= 0.3 is 20.1 Å². The number of imidazole rings is 1. The van der Waals surface area contributed by atoms with Crippen molar-refractivity contribution in [1.29, 1.82) is 5.26 Å². The molecule has 10 aromatic rings. The Morgan fingerprint density at radius 2 is 1.38 bits per heavy atom. The number of para-hydroxylation sites is 3. The van der Waals surface area contributed by atoms with E-state index in [1.165, 1.54) is 10.8 Å². The molecule has 0 unspecified atom stereocenters. The van der Waals surface area contributed by atoms with Crippen LogP contribution in [0.3, 0.4) is 0 Å². The second kappa shape index (κ2) is 19.3. The zero-order valence-corrected chi connectivity index (χ0v) is 40.1. The number of hydrogen-bond donors (Lipinski definition) is 0. The molecule has 0 N–H and O–H groups in total. The molecule has 0 radical (unpaired) electrons. The molecule has 7 aromatic carbocycles. The van der Waals surface area contributed by atoms with Crippen molar-refractivity contribution in [2.45, 2.75) is 66.1 Å². The van der Waals surface area contributed by atoms with Crippen molar-refractivity contribution in [3.8, 4) is 56.4 Å². The Labute approximate surface area is 410 Å². The molecule has 0 bridgehead atoms. The predicted octanol–water partition coefficient (Wildman–Crippen LogP) is 15.1. The molecule has 10 rings (SSSR count). The van der Waals surface area contributed by atoms with Gasteiger partial charge in [-0.2, -0.15) is 35.6 Å². The Kier molecular flexibility index (Phi) is 11.2. The first kappa shape index (κ1) is 38.4. The van der Waals surface area contributed by atoms with E-state index in [4.69, 9.17) is 17.6 Å². The summed E-state index contributed by atoms with van der Waals surface area (Å²) in [5.41, 5.74) is 14.0. The summed E-state index contributed by atoms with van der Waals surface area (Å²) in [6, 6.07) is 56.2. The van der Waals surface area contributed by atoms with Crippen molar-refractivity contribution in [3.63, 3.8) is 0 Å². The van der Waals surface area contributed by atoms with E-state index >= 15 is 0 Å². The van der Waals surface area contributed by atoms with Crippen molar-refractivity contribution in [2.75, 3.05) is 0 Å². The van der Waals surface area contributed by atoms with Gasteiger partial charge in [-0.1, -0.05) is 173 Å². The molecule has 0 aliphatic carbocycles. The summed E-state index contributed by atoms with van der Waals surface area (Å²) in [5, 5.41) is 12.2. The van der Waals surface area contributed by atoms with E-state index in [2.05, 4.69) is 109 Å². The maximum atomic E-state index is 10.3. The summed E-state index contributed by atoms with van der Waals surface area (Å²) in [5.74, 6) is 0.498. The average Bonchev–Trinajstić information content (AvgIpc) is 3.96. The minimum Gasteiger partial charge on any atom is -0.500 e. The number of nitriles is 1. The van der Waals surface area contributed by atoms with E-state index in [1.807, 2.05) is 91.0 Å². The van der Waals surface area contributed by atoms with Crippen molar-refractivity contribution in [3.05, 3.63) is 198 Å². The van der Waals surface area contributed by atoms with Gasteiger partial charge in [0.15, 0.2) is 0 Å². The average molecular weight is 1040 g/mol. The smallest absolute Gasteiger partial charge is 0.500 e. The fourth-order valence-corrected chi connectivity index (χ4v) is 8.81. The van der Waals surface area contributed by atoms with Crippen LogP contribution in [0.4, 0.5) is 0 Å². The van der Waals surface area contributed by atoms with Gasteiger partial charge in [-0.25, -0.2) is 0 Å². The number of hydrogen-bond acceptors (Lipinski definition) is 3. The molecule has 326 valence electrons. The van der Waals surface area contributed by atoms with Crippen molar-refractivity contribution >= 4 is 33.0 Å². The molecule has 0 saturated heterocycles. The number of rotatable bonds is 8. The van der Waals surface area contributed by atoms with Gasteiger partial charge in [0.25, 0.3) is 0 Å². The molecule has 0 fully saturated rings. The van der Waals surface area contributed by atoms with E-state index in [-0.39, 0.29) is 43.4 Å². The van der Waals surface area contributed by atoms with Crippen LogP contribution < -0.4 is 4.57 Å². The molecule has 0 spiro atoms. The van der Waals surface area contributed by atoms with Gasteiger partial charge in [-0.15, -0.1) is 17.7 Å². The number of furan rings is 1. The van der Waals surface area contributed by atoms with Crippen molar-refractivity contribution in [1.82, 2.24) is 9.55 Å². The summed E-state index contributed by atoms with van der Waals surface area (Å²) < 4.78 is 58.1. The monoisotopic (exact) mass is 1040 g/mol. The summed E-state index contributed by atoms with van der Waals surface area (Å²) in [4.78, 5) is 4.79. The largest absolute Gasteiger partial charge is 3.00 e. The standard InChI is InChI=1S/C46H41N2O.C14H11N2.Ir/c1-27(2)35-14-11-15-36(28(3)4)43(35)40-24-41(48-26-30(40)7)38-23-22-37(29(5)6)44-39-21-20-34(25-47)42(46(39)49-45(38)44)33-18-16-32(17-19-33)31-12-9-8-10-13-31;1-15-11-16(12-7-3-2-4-8-12)14-10-6-5-9-13(14)15;/h8-22,24,26-29H,1-7H3;2-7,9-10H,1H3;/q2*-1;+3/i7D3;1D3;. The van der Waals surface area contributed by atoms with Crippen LogP contribution >= 0.6 is 0 Å². The molecular formula is C60H52IrN4O+. The normalized spacial score (nSPS) is 13.0. The molecule has 6 heteroatoms. The second-order valence-corrected chi connectivity index (χ2v) is 17.2. The molecule has 0 aliphatic rings. The number of aromatic nitrogens is 3. The second-order valence-electron chi connectivity index (χ2n) is 17.2. The van der Waals surface area contributed by atoms with Crippen molar-refractivity contribution in [2.24, 2.45) is 6.98 Å². The van der Waals surface area contributed by atoms with Crippen LogP contribution in [0, 0.1) is 36.6 Å². The topological polar surface area (TPSA) is 58.6 Å². The van der Waals surface area contributed by atoms with Crippen molar-refractivity contribution < 1.29 is 37.3 Å². The van der Waals surface area contributed by atoms with Crippen LogP contribution in [-0.2, 0) is 27.1 Å². The molecular weight excluding hydrogens is 985 g/mol. The predicted molar refractivity (Wildman–Crippen MR) is 266 cm³/mol. The van der Waals surface area contributed by atoms with E-state index in [1.54, 1.807) is 16.7 Å². The van der Waals surface area contributed by atoms with E-state index in [9.17, 15) is 5.26 Å². The van der Waals surface area contributed by atoms with Crippen LogP contribution in [0.2, 0.25) is 0 Å². The maximum Gasteiger partial charge on any atom is 3.00 e. The first-order valence-electron chi connectivity index (χ1n) is 25.0. The van der Waals surface area contributed by atoms with E-state index in [0.29, 0.717) is 39.1 Å². The SMILES string of the molecule is [2H]C([2H])([2H])[n+]1[c-]n(-c2[c-]cccc2)c2ccccc21.[2H]C([2H])([2H])c1cnc(-c2[c-]cc(C(C)C)c3c2oc2c(-c4ccc(-c5ccccc5)cc4)c(C#N)ccc23)cc1-c1c(C(C)C)cccc1C(C)C.[Ir+3]. The summed E-state index contributed by atoms with van der Waals surface area (Å²) in [7, 11) is 0. The Balaban J connectivity index is 0.000000289. The van der Waals surface area contributed by atoms with Crippen LogP contribution in [0.5, 0.6) is 0 Å². The van der Waals surface area contributed by atoms with E-state index < -0.39 is 13.8 Å². The van der Waals surface area contributed by atoms with Gasteiger partial charge in [-0.3, -0.25) is 0 Å². The van der Waals surface area contributed by atoms with Gasteiger partial charge in [0.05, 0.1) is 39.3 Å². The third-order valence-electron chi connectivity index (χ3n) is 12.1. The molecule has 5 nitrogen and oxygen atoms in total.